The van der Waals surface area contributed by atoms with Crippen LogP contribution in [0.5, 0.6) is 5.75 Å². The lowest BCUT2D eigenvalue weighted by atomic mass is 10.1. The summed E-state index contributed by atoms with van der Waals surface area (Å²) in [5.74, 6) is -1.51. The maximum absolute atomic E-state index is 14.1. The van der Waals surface area contributed by atoms with E-state index in [2.05, 4.69) is 11.2 Å². The zero-order valence-electron chi connectivity index (χ0n) is 18.3. The molecule has 0 saturated carbocycles. The molecule has 3 rings (SSSR count). The van der Waals surface area contributed by atoms with Crippen LogP contribution in [0.25, 0.3) is 0 Å². The quantitative estimate of drug-likeness (QED) is 0.757. The zero-order valence-corrected chi connectivity index (χ0v) is 18.3. The van der Waals surface area contributed by atoms with Crippen molar-refractivity contribution in [1.29, 1.82) is 5.26 Å². The predicted octanol–water partition coefficient (Wildman–Crippen LogP) is 3.14. The van der Waals surface area contributed by atoms with Crippen LogP contribution in [0.1, 0.15) is 61.3 Å². The highest BCUT2D eigenvalue weighted by molar-refractivity contribution is 5.92. The van der Waals surface area contributed by atoms with E-state index in [1.54, 1.807) is 9.58 Å². The van der Waals surface area contributed by atoms with E-state index in [9.17, 15) is 19.2 Å². The van der Waals surface area contributed by atoms with Gasteiger partial charge in [0, 0.05) is 24.2 Å². The van der Waals surface area contributed by atoms with Gasteiger partial charge in [-0.1, -0.05) is 0 Å². The Hall–Kier alpha value is -3.61. The lowest BCUT2D eigenvalue weighted by Gasteiger charge is -2.33. The average molecular weight is 443 g/mol. The number of hydrogen-bond acceptors (Lipinski definition) is 6. The molecule has 1 aliphatic heterocycles. The number of nitriles is 1. The van der Waals surface area contributed by atoms with Crippen LogP contribution in [0.4, 0.5) is 9.18 Å². The molecule has 2 amide bonds. The first-order valence-corrected chi connectivity index (χ1v) is 10.3. The van der Waals surface area contributed by atoms with Crippen LogP contribution >= 0.6 is 0 Å². The van der Waals surface area contributed by atoms with E-state index in [0.717, 1.165) is 6.07 Å². The number of benzene rings is 1. The molecule has 0 unspecified atom stereocenters. The Labute approximate surface area is 185 Å². The number of likely N-dealkylation sites (tertiary alicyclic amines) is 1. The molecule has 0 spiro atoms. The summed E-state index contributed by atoms with van der Waals surface area (Å²) in [4.78, 5) is 25.0. The van der Waals surface area contributed by atoms with Gasteiger partial charge in [-0.15, -0.1) is 0 Å². The van der Waals surface area contributed by atoms with Crippen molar-refractivity contribution >= 4 is 12.0 Å². The topological polar surface area (TPSA) is 123 Å². The molecule has 0 atom stereocenters. The van der Waals surface area contributed by atoms with Gasteiger partial charge < -0.3 is 20.1 Å². The molecule has 2 heterocycles. The number of primary amides is 1. The first-order valence-electron chi connectivity index (χ1n) is 10.3. The summed E-state index contributed by atoms with van der Waals surface area (Å²) in [6, 6.07) is 5.78. The number of piperidine rings is 1. The molecule has 32 heavy (non-hydrogen) atoms. The number of nitrogens with zero attached hydrogens (tertiary/aromatic N) is 4. The number of ether oxygens (including phenoxy) is 2. The minimum absolute atomic E-state index is 0.0399. The molecule has 1 aromatic heterocycles. The average Bonchev–Trinajstić information content (AvgIpc) is 3.14. The van der Waals surface area contributed by atoms with E-state index < -0.39 is 17.3 Å². The van der Waals surface area contributed by atoms with Crippen LogP contribution in [-0.4, -0.2) is 45.4 Å². The molecule has 2 N–H and O–H groups in total. The Morgan fingerprint density at radius 3 is 2.56 bits per heavy atom. The first kappa shape index (κ1) is 23.1. The number of hydrogen-bond donors (Lipinski definition) is 1. The van der Waals surface area contributed by atoms with Crippen molar-refractivity contribution < 1.29 is 23.5 Å². The Morgan fingerprint density at radius 1 is 1.31 bits per heavy atom. The largest absolute Gasteiger partial charge is 0.486 e. The molecule has 1 aliphatic rings. The van der Waals surface area contributed by atoms with E-state index in [4.69, 9.17) is 15.2 Å². The second-order valence-corrected chi connectivity index (χ2v) is 8.57. The molecule has 1 fully saturated rings. The fourth-order valence-corrected chi connectivity index (χ4v) is 3.45. The molecule has 0 aliphatic carbocycles. The van der Waals surface area contributed by atoms with E-state index in [0.29, 0.717) is 37.2 Å². The van der Waals surface area contributed by atoms with Gasteiger partial charge in [-0.3, -0.25) is 9.48 Å². The molecular formula is C22H26FN5O4. The maximum Gasteiger partial charge on any atom is 0.410 e. The summed E-state index contributed by atoms with van der Waals surface area (Å²) >= 11 is 0. The van der Waals surface area contributed by atoms with Gasteiger partial charge in [0.25, 0.3) is 0 Å². The molecule has 1 saturated heterocycles. The summed E-state index contributed by atoms with van der Waals surface area (Å²) in [5, 5.41) is 14.0. The molecule has 170 valence electrons. The van der Waals surface area contributed by atoms with Gasteiger partial charge >= 0.3 is 6.09 Å². The SMILES string of the molecule is CC(C)(C)OC(=O)N1CCC(n2ncc(COc3ccc(C(N)=O)cc3F)c2C#N)CC1. The minimum atomic E-state index is -0.735. The van der Waals surface area contributed by atoms with Gasteiger partial charge in [-0.25, -0.2) is 9.18 Å². The van der Waals surface area contributed by atoms with Crippen molar-refractivity contribution in [2.45, 2.75) is 51.9 Å². The Morgan fingerprint density at radius 2 is 2.00 bits per heavy atom. The minimum Gasteiger partial charge on any atom is -0.486 e. The number of amides is 2. The van der Waals surface area contributed by atoms with Crippen LogP contribution in [0.2, 0.25) is 0 Å². The van der Waals surface area contributed by atoms with Crippen LogP contribution in [0.3, 0.4) is 0 Å². The van der Waals surface area contributed by atoms with Crippen LogP contribution in [0.15, 0.2) is 24.4 Å². The Kier molecular flexibility index (Phi) is 6.67. The van der Waals surface area contributed by atoms with E-state index in [-0.39, 0.29) is 30.1 Å². The van der Waals surface area contributed by atoms with Crippen molar-refractivity contribution in [3.05, 3.63) is 47.0 Å². The number of halogens is 1. The monoisotopic (exact) mass is 443 g/mol. The summed E-state index contributed by atoms with van der Waals surface area (Å²) in [6.45, 7) is 6.39. The molecular weight excluding hydrogens is 417 g/mol. The predicted molar refractivity (Wildman–Crippen MR) is 112 cm³/mol. The lowest BCUT2D eigenvalue weighted by molar-refractivity contribution is 0.0184. The van der Waals surface area contributed by atoms with Gasteiger partial charge in [0.15, 0.2) is 11.6 Å². The fourth-order valence-electron chi connectivity index (χ4n) is 3.45. The highest BCUT2D eigenvalue weighted by Gasteiger charge is 2.29. The van der Waals surface area contributed by atoms with Crippen LogP contribution in [-0.2, 0) is 11.3 Å². The van der Waals surface area contributed by atoms with Gasteiger partial charge in [0.05, 0.1) is 12.2 Å². The normalized spacial score (nSPS) is 14.7. The Balaban J connectivity index is 1.64. The summed E-state index contributed by atoms with van der Waals surface area (Å²) in [6.07, 6.45) is 2.42. The van der Waals surface area contributed by atoms with Crippen LogP contribution < -0.4 is 10.5 Å². The fraction of sp³-hybridized carbons (Fsp3) is 0.455. The third-order valence-electron chi connectivity index (χ3n) is 5.04. The Bertz CT molecular complexity index is 1050. The highest BCUT2D eigenvalue weighted by Crippen LogP contribution is 2.27. The van der Waals surface area contributed by atoms with Gasteiger partial charge in [0.2, 0.25) is 5.91 Å². The third kappa shape index (κ3) is 5.35. The number of carbonyl (C=O) groups is 2. The van der Waals surface area contributed by atoms with Crippen molar-refractivity contribution in [3.63, 3.8) is 0 Å². The number of nitrogens with two attached hydrogens (primary N) is 1. The number of rotatable bonds is 5. The molecule has 2 aromatic rings. The van der Waals surface area contributed by atoms with E-state index in [1.165, 1.54) is 18.3 Å². The highest BCUT2D eigenvalue weighted by atomic mass is 19.1. The second-order valence-electron chi connectivity index (χ2n) is 8.57. The van der Waals surface area contributed by atoms with E-state index in [1.807, 2.05) is 20.8 Å². The zero-order chi connectivity index (χ0) is 23.5. The van der Waals surface area contributed by atoms with Crippen LogP contribution in [0, 0.1) is 17.1 Å². The summed E-state index contributed by atoms with van der Waals surface area (Å²) in [5.41, 5.74) is 5.46. The van der Waals surface area contributed by atoms with Gasteiger partial charge in [-0.05, 0) is 51.8 Å². The van der Waals surface area contributed by atoms with Gasteiger partial charge in [-0.2, -0.15) is 10.4 Å². The van der Waals surface area contributed by atoms with Crippen molar-refractivity contribution in [2.24, 2.45) is 5.73 Å². The van der Waals surface area contributed by atoms with Crippen molar-refractivity contribution in [1.82, 2.24) is 14.7 Å². The first-order chi connectivity index (χ1) is 15.1. The maximum atomic E-state index is 14.1. The lowest BCUT2D eigenvalue weighted by Crippen LogP contribution is -2.42. The molecule has 0 bridgehead atoms. The van der Waals surface area contributed by atoms with Gasteiger partial charge in [0.1, 0.15) is 24.0 Å². The van der Waals surface area contributed by atoms with Crippen molar-refractivity contribution in [2.75, 3.05) is 13.1 Å². The summed E-state index contributed by atoms with van der Waals surface area (Å²) < 4.78 is 26.7. The molecule has 1 aromatic carbocycles. The molecule has 10 heteroatoms. The third-order valence-corrected chi connectivity index (χ3v) is 5.04. The second kappa shape index (κ2) is 9.26. The molecule has 9 nitrogen and oxygen atoms in total. The number of aromatic nitrogens is 2. The standard InChI is InChI=1S/C22H26FN5O4/c1-22(2,3)32-21(30)27-8-6-16(7-9-27)28-18(11-24)15(12-26-28)13-31-19-5-4-14(20(25)29)10-17(19)23/h4-5,10,12,16H,6-9,13H2,1-3H3,(H2,25,29). The smallest absolute Gasteiger partial charge is 0.410 e. The summed E-state index contributed by atoms with van der Waals surface area (Å²) in [7, 11) is 0. The van der Waals surface area contributed by atoms with Crippen molar-refractivity contribution in [3.8, 4) is 11.8 Å². The number of carbonyl (C=O) groups excluding carboxylic acids is 2. The molecule has 0 radical (unpaired) electrons. The van der Waals surface area contributed by atoms with E-state index >= 15 is 0 Å².